The Morgan fingerprint density at radius 2 is 2.19 bits per heavy atom. The first-order valence-corrected chi connectivity index (χ1v) is 8.08. The number of nitro groups is 1. The molecule has 0 bridgehead atoms. The Balaban J connectivity index is 2.33. The van der Waals surface area contributed by atoms with Gasteiger partial charge in [-0.1, -0.05) is 6.07 Å². The fourth-order valence-corrected chi connectivity index (χ4v) is 3.27. The van der Waals surface area contributed by atoms with E-state index >= 15 is 0 Å². The van der Waals surface area contributed by atoms with Gasteiger partial charge in [-0.05, 0) is 30.8 Å². The minimum absolute atomic E-state index is 0.142. The molecule has 2 aromatic rings. The molecule has 0 saturated carbocycles. The Morgan fingerprint density at radius 1 is 1.48 bits per heavy atom. The molecule has 140 valence electrons. The summed E-state index contributed by atoms with van der Waals surface area (Å²) in [5.41, 5.74) is 7.01. The molecule has 1 atom stereocenters. The van der Waals surface area contributed by atoms with E-state index in [2.05, 4.69) is 15.3 Å². The third-order valence-corrected chi connectivity index (χ3v) is 4.42. The molecule has 0 aliphatic carbocycles. The number of nitrogens with one attached hydrogen (secondary N) is 2. The first-order chi connectivity index (χ1) is 12.7. The second-order valence-corrected chi connectivity index (χ2v) is 6.20. The lowest BCUT2D eigenvalue weighted by molar-refractivity contribution is -0.385. The van der Waals surface area contributed by atoms with E-state index in [0.29, 0.717) is 22.6 Å². The second-order valence-electron chi connectivity index (χ2n) is 5.81. The predicted molar refractivity (Wildman–Crippen MR) is 98.8 cm³/mol. The quantitative estimate of drug-likeness (QED) is 0.268. The number of rotatable bonds is 3. The normalized spacial score (nSPS) is 15.7. The highest BCUT2D eigenvalue weighted by Gasteiger charge is 2.36. The Bertz CT molecular complexity index is 1060. The summed E-state index contributed by atoms with van der Waals surface area (Å²) in [6.07, 6.45) is 0. The number of phenols is 1. The Kier molecular flexibility index (Phi) is 4.54. The molecule has 1 unspecified atom stereocenters. The molecule has 1 aliphatic rings. The summed E-state index contributed by atoms with van der Waals surface area (Å²) in [7, 11) is 1.23. The summed E-state index contributed by atoms with van der Waals surface area (Å²) < 4.78 is 5.02. The summed E-state index contributed by atoms with van der Waals surface area (Å²) >= 11 is 5.04. The van der Waals surface area contributed by atoms with Gasteiger partial charge in [0.05, 0.1) is 23.5 Å². The third kappa shape index (κ3) is 3.08. The molecule has 0 radical (unpaired) electrons. The Hall–Kier alpha value is -3.47. The average molecular weight is 389 g/mol. The van der Waals surface area contributed by atoms with E-state index in [1.807, 2.05) is 0 Å². The Morgan fingerprint density at radius 3 is 2.81 bits per heavy atom. The summed E-state index contributed by atoms with van der Waals surface area (Å²) in [5, 5.41) is 23.9. The number of nitro benzene ring substituents is 1. The van der Waals surface area contributed by atoms with Crippen LogP contribution in [0.3, 0.4) is 0 Å². The molecule has 0 spiro atoms. The maximum absolute atomic E-state index is 12.4. The van der Waals surface area contributed by atoms with Crippen molar-refractivity contribution in [2.75, 3.05) is 18.2 Å². The van der Waals surface area contributed by atoms with Gasteiger partial charge in [0.15, 0.2) is 10.5 Å². The van der Waals surface area contributed by atoms with E-state index in [1.54, 1.807) is 6.92 Å². The number of phenolic OH excluding ortho intramolecular Hbond substituents is 1. The van der Waals surface area contributed by atoms with E-state index in [-0.39, 0.29) is 16.2 Å². The molecule has 1 aromatic carbocycles. The van der Waals surface area contributed by atoms with E-state index in [4.69, 9.17) is 22.7 Å². The number of methoxy groups -OCH3 is 1. The summed E-state index contributed by atoms with van der Waals surface area (Å²) in [4.78, 5) is 29.9. The highest BCUT2D eigenvalue weighted by molar-refractivity contribution is 7.71. The van der Waals surface area contributed by atoms with Gasteiger partial charge in [0.1, 0.15) is 11.6 Å². The van der Waals surface area contributed by atoms with Crippen LogP contribution in [0.4, 0.5) is 17.3 Å². The number of hydrogen-bond donors (Lipinski definition) is 4. The van der Waals surface area contributed by atoms with Crippen LogP contribution < -0.4 is 11.1 Å². The van der Waals surface area contributed by atoms with Crippen LogP contribution in [-0.2, 0) is 9.53 Å². The molecule has 3 rings (SSSR count). The molecule has 5 N–H and O–H groups in total. The number of anilines is 2. The minimum atomic E-state index is -0.813. The van der Waals surface area contributed by atoms with Crippen molar-refractivity contribution in [1.82, 2.24) is 9.97 Å². The number of carbonyl (C=O) groups is 1. The molecular weight excluding hydrogens is 374 g/mol. The largest absolute Gasteiger partial charge is 0.502 e. The molecule has 11 heteroatoms. The lowest BCUT2D eigenvalue weighted by Gasteiger charge is -2.29. The van der Waals surface area contributed by atoms with Gasteiger partial charge in [0.25, 0.3) is 0 Å². The van der Waals surface area contributed by atoms with Crippen molar-refractivity contribution < 1.29 is 19.6 Å². The summed E-state index contributed by atoms with van der Waals surface area (Å²) in [6.45, 7) is 1.65. The number of aromatic amines is 1. The maximum Gasteiger partial charge on any atom is 0.336 e. The molecule has 1 aliphatic heterocycles. The number of benzene rings is 1. The number of ether oxygens (including phenoxy) is 1. The number of H-pyrrole nitrogens is 1. The topological polar surface area (TPSA) is 156 Å². The van der Waals surface area contributed by atoms with E-state index in [1.165, 1.54) is 25.3 Å². The van der Waals surface area contributed by atoms with Crippen LogP contribution in [0.25, 0.3) is 0 Å². The zero-order valence-electron chi connectivity index (χ0n) is 14.3. The molecule has 27 heavy (non-hydrogen) atoms. The number of nitrogens with zero attached hydrogens (tertiary/aromatic N) is 2. The number of nitrogens with two attached hydrogens (primary N) is 1. The van der Waals surface area contributed by atoms with Crippen molar-refractivity contribution in [2.45, 2.75) is 12.8 Å². The number of aromatic nitrogens is 2. The van der Waals surface area contributed by atoms with Crippen LogP contribution in [-0.4, -0.2) is 33.1 Å². The first kappa shape index (κ1) is 18.3. The molecule has 0 saturated heterocycles. The van der Waals surface area contributed by atoms with Gasteiger partial charge in [0.2, 0.25) is 0 Å². The van der Waals surface area contributed by atoms with Gasteiger partial charge in [-0.15, -0.1) is 0 Å². The second kappa shape index (κ2) is 6.68. The lowest BCUT2D eigenvalue weighted by Crippen LogP contribution is -2.26. The van der Waals surface area contributed by atoms with E-state index < -0.39 is 28.2 Å². The monoisotopic (exact) mass is 389 g/mol. The fraction of sp³-hybridized carbons (Fsp3) is 0.188. The highest BCUT2D eigenvalue weighted by atomic mass is 32.1. The molecule has 2 heterocycles. The lowest BCUT2D eigenvalue weighted by atomic mass is 9.81. The highest BCUT2D eigenvalue weighted by Crippen LogP contribution is 2.45. The standard InChI is InChI=1S/C16H15N5O5S/c1-6-10(15(23)26-2)11(7-3-4-9(22)8(5-7)21(24)25)12-13(17)19-16(27)20-14(12)18-6/h3-5,11,22H,1-2H3,(H4,17,18,19,20,27). The first-order valence-electron chi connectivity index (χ1n) is 7.67. The number of fused-ring (bicyclic) bond motifs is 1. The van der Waals surface area contributed by atoms with Crippen molar-refractivity contribution in [3.8, 4) is 5.75 Å². The minimum Gasteiger partial charge on any atom is -0.502 e. The average Bonchev–Trinajstić information content (AvgIpc) is 2.59. The van der Waals surface area contributed by atoms with Crippen LogP contribution in [0.2, 0.25) is 0 Å². The summed E-state index contributed by atoms with van der Waals surface area (Å²) in [6, 6.07) is 3.85. The number of hydrogen-bond acceptors (Lipinski definition) is 9. The van der Waals surface area contributed by atoms with Crippen LogP contribution in [0, 0.1) is 14.9 Å². The number of allylic oxidation sites excluding steroid dienone is 1. The molecule has 0 amide bonds. The van der Waals surface area contributed by atoms with Crippen LogP contribution in [0.15, 0.2) is 29.5 Å². The third-order valence-electron chi connectivity index (χ3n) is 4.22. The number of aromatic hydroxyl groups is 1. The van der Waals surface area contributed by atoms with Crippen LogP contribution in [0.1, 0.15) is 24.0 Å². The van der Waals surface area contributed by atoms with E-state index in [0.717, 1.165) is 0 Å². The molecule has 10 nitrogen and oxygen atoms in total. The van der Waals surface area contributed by atoms with Crippen LogP contribution >= 0.6 is 12.2 Å². The van der Waals surface area contributed by atoms with Gasteiger partial charge in [0, 0.05) is 17.3 Å². The SMILES string of the molecule is COC(=O)C1=C(C)Nc2nc(=S)[nH]c(N)c2C1c1ccc(O)c([N+](=O)[O-])c1. The van der Waals surface area contributed by atoms with Gasteiger partial charge < -0.3 is 25.9 Å². The number of nitrogen functional groups attached to an aromatic ring is 1. The van der Waals surface area contributed by atoms with Crippen molar-refractivity contribution >= 4 is 35.5 Å². The molecule has 0 fully saturated rings. The van der Waals surface area contributed by atoms with Crippen LogP contribution in [0.5, 0.6) is 5.75 Å². The maximum atomic E-state index is 12.4. The van der Waals surface area contributed by atoms with Crippen molar-refractivity contribution in [2.24, 2.45) is 0 Å². The van der Waals surface area contributed by atoms with Gasteiger partial charge in [-0.25, -0.2) is 9.78 Å². The zero-order valence-corrected chi connectivity index (χ0v) is 15.1. The zero-order chi connectivity index (χ0) is 19.9. The number of esters is 1. The van der Waals surface area contributed by atoms with Gasteiger partial charge in [-0.2, -0.15) is 0 Å². The predicted octanol–water partition coefficient (Wildman–Crippen LogP) is 2.34. The smallest absolute Gasteiger partial charge is 0.336 e. The molecular formula is C16H15N5O5S. The number of carbonyl (C=O) groups excluding carboxylic acids is 1. The van der Waals surface area contributed by atoms with Crippen molar-refractivity contribution in [3.05, 3.63) is 55.5 Å². The van der Waals surface area contributed by atoms with E-state index in [9.17, 15) is 20.0 Å². The van der Waals surface area contributed by atoms with Gasteiger partial charge >= 0.3 is 11.7 Å². The molecule has 1 aromatic heterocycles. The van der Waals surface area contributed by atoms with Crippen molar-refractivity contribution in [1.29, 1.82) is 0 Å². The summed E-state index contributed by atoms with van der Waals surface area (Å²) in [5.74, 6) is -1.44. The van der Waals surface area contributed by atoms with Gasteiger partial charge in [-0.3, -0.25) is 10.1 Å². The Labute approximate surface area is 157 Å². The fourth-order valence-electron chi connectivity index (χ4n) is 3.07. The van der Waals surface area contributed by atoms with Crippen molar-refractivity contribution in [3.63, 3.8) is 0 Å².